The highest BCUT2D eigenvalue weighted by Gasteiger charge is 2.15. The van der Waals surface area contributed by atoms with Crippen molar-refractivity contribution in [2.45, 2.75) is 12.5 Å². The van der Waals surface area contributed by atoms with Gasteiger partial charge in [-0.25, -0.2) is 0 Å². The number of hydrogen-bond donors (Lipinski definition) is 1. The van der Waals surface area contributed by atoms with Crippen molar-refractivity contribution in [1.29, 1.82) is 0 Å². The van der Waals surface area contributed by atoms with Gasteiger partial charge in [0, 0.05) is 18.9 Å². The van der Waals surface area contributed by atoms with Crippen LogP contribution in [0, 0.1) is 0 Å². The van der Waals surface area contributed by atoms with E-state index in [4.69, 9.17) is 4.74 Å². The topological polar surface area (TPSA) is 34.1 Å². The third-order valence-corrected chi connectivity index (χ3v) is 1.97. The van der Waals surface area contributed by atoms with Gasteiger partial charge < -0.3 is 10.1 Å². The SMILES string of the molecule is Cl.Cl.c1cc(O[C@@H]2CCNC2)ccn1. The molecule has 1 fully saturated rings. The molecule has 2 heterocycles. The molecule has 0 spiro atoms. The zero-order chi connectivity index (χ0) is 8.23. The molecule has 0 radical (unpaired) electrons. The van der Waals surface area contributed by atoms with E-state index in [1.165, 1.54) is 0 Å². The lowest BCUT2D eigenvalue weighted by Crippen LogP contribution is -2.19. The van der Waals surface area contributed by atoms with Gasteiger partial charge >= 0.3 is 0 Å². The molecule has 1 aromatic heterocycles. The van der Waals surface area contributed by atoms with E-state index in [1.54, 1.807) is 12.4 Å². The third kappa shape index (κ3) is 3.70. The Morgan fingerprint density at radius 2 is 2.00 bits per heavy atom. The van der Waals surface area contributed by atoms with Crippen LogP contribution in [0.15, 0.2) is 24.5 Å². The summed E-state index contributed by atoms with van der Waals surface area (Å²) in [5.74, 6) is 0.915. The van der Waals surface area contributed by atoms with Crippen molar-refractivity contribution in [2.24, 2.45) is 0 Å². The van der Waals surface area contributed by atoms with E-state index < -0.39 is 0 Å². The summed E-state index contributed by atoms with van der Waals surface area (Å²) in [4.78, 5) is 3.92. The molecule has 0 aromatic carbocycles. The van der Waals surface area contributed by atoms with Crippen LogP contribution in [0.2, 0.25) is 0 Å². The van der Waals surface area contributed by atoms with Gasteiger partial charge in [0.05, 0.1) is 0 Å². The van der Waals surface area contributed by atoms with Crippen LogP contribution in [-0.2, 0) is 0 Å². The zero-order valence-corrected chi connectivity index (χ0v) is 9.31. The Bertz CT molecular complexity index is 240. The molecule has 0 bridgehead atoms. The molecule has 14 heavy (non-hydrogen) atoms. The van der Waals surface area contributed by atoms with Crippen LogP contribution in [0.1, 0.15) is 6.42 Å². The fourth-order valence-corrected chi connectivity index (χ4v) is 1.34. The highest BCUT2D eigenvalue weighted by Crippen LogP contribution is 2.12. The Kier molecular flexibility index (Phi) is 6.62. The number of aromatic nitrogens is 1. The summed E-state index contributed by atoms with van der Waals surface area (Å²) in [6.07, 6.45) is 4.94. The van der Waals surface area contributed by atoms with Crippen LogP contribution >= 0.6 is 24.8 Å². The van der Waals surface area contributed by atoms with Crippen LogP contribution in [0.3, 0.4) is 0 Å². The maximum atomic E-state index is 5.67. The summed E-state index contributed by atoms with van der Waals surface area (Å²) in [7, 11) is 0. The van der Waals surface area contributed by atoms with Crippen LogP contribution in [0.25, 0.3) is 0 Å². The molecule has 0 unspecified atom stereocenters. The number of rotatable bonds is 2. The lowest BCUT2D eigenvalue weighted by molar-refractivity contribution is 0.223. The molecule has 80 valence electrons. The predicted octanol–water partition coefficient (Wildman–Crippen LogP) is 1.67. The molecule has 2 rings (SSSR count). The Morgan fingerprint density at radius 3 is 2.57 bits per heavy atom. The first-order valence-electron chi connectivity index (χ1n) is 4.22. The molecule has 1 aromatic rings. The number of nitrogens with one attached hydrogen (secondary N) is 1. The van der Waals surface area contributed by atoms with Gasteiger partial charge in [-0.2, -0.15) is 0 Å². The van der Waals surface area contributed by atoms with Gasteiger partial charge in [0.2, 0.25) is 0 Å². The van der Waals surface area contributed by atoms with Gasteiger partial charge in [0.15, 0.2) is 0 Å². The van der Waals surface area contributed by atoms with Crippen molar-refractivity contribution in [3.63, 3.8) is 0 Å². The van der Waals surface area contributed by atoms with Crippen molar-refractivity contribution in [2.75, 3.05) is 13.1 Å². The standard InChI is InChI=1S/C9H12N2O.2ClH/c1-4-10-5-2-8(1)12-9-3-6-11-7-9;;/h1-2,4-5,9,11H,3,6-7H2;2*1H/t9-;;/m1../s1. The largest absolute Gasteiger partial charge is 0.489 e. The second kappa shape index (κ2) is 6.87. The molecule has 1 aliphatic rings. The second-order valence-corrected chi connectivity index (χ2v) is 2.92. The molecule has 0 aliphatic carbocycles. The van der Waals surface area contributed by atoms with Gasteiger partial charge in [-0.1, -0.05) is 0 Å². The molecule has 0 amide bonds. The fourth-order valence-electron chi connectivity index (χ4n) is 1.34. The average Bonchev–Trinajstić information content (AvgIpc) is 2.59. The summed E-state index contributed by atoms with van der Waals surface area (Å²) < 4.78 is 5.67. The van der Waals surface area contributed by atoms with E-state index in [2.05, 4.69) is 10.3 Å². The van der Waals surface area contributed by atoms with Crippen LogP contribution in [0.4, 0.5) is 0 Å². The number of hydrogen-bond acceptors (Lipinski definition) is 3. The van der Waals surface area contributed by atoms with Crippen LogP contribution in [0.5, 0.6) is 5.75 Å². The van der Waals surface area contributed by atoms with E-state index >= 15 is 0 Å². The maximum Gasteiger partial charge on any atom is 0.122 e. The number of halogens is 2. The Balaban J connectivity index is 0.000000845. The van der Waals surface area contributed by atoms with Gasteiger partial charge in [-0.3, -0.25) is 4.98 Å². The minimum Gasteiger partial charge on any atom is -0.489 e. The maximum absolute atomic E-state index is 5.67. The first kappa shape index (κ1) is 13.5. The lowest BCUT2D eigenvalue weighted by Gasteiger charge is -2.11. The fraction of sp³-hybridized carbons (Fsp3) is 0.444. The summed E-state index contributed by atoms with van der Waals surface area (Å²) in [5, 5.41) is 3.25. The summed E-state index contributed by atoms with van der Waals surface area (Å²) in [6, 6.07) is 3.77. The Hall–Kier alpha value is -0.510. The van der Waals surface area contributed by atoms with Crippen molar-refractivity contribution in [3.8, 4) is 5.75 Å². The van der Waals surface area contributed by atoms with E-state index in [1.807, 2.05) is 12.1 Å². The summed E-state index contributed by atoms with van der Waals surface area (Å²) in [5.41, 5.74) is 0. The van der Waals surface area contributed by atoms with Crippen molar-refractivity contribution < 1.29 is 4.74 Å². The van der Waals surface area contributed by atoms with Crippen LogP contribution in [-0.4, -0.2) is 24.2 Å². The predicted molar refractivity (Wildman–Crippen MR) is 60.6 cm³/mol. The van der Waals surface area contributed by atoms with E-state index in [0.717, 1.165) is 25.3 Å². The molecule has 3 nitrogen and oxygen atoms in total. The first-order chi connectivity index (χ1) is 5.95. The van der Waals surface area contributed by atoms with Crippen molar-refractivity contribution >= 4 is 24.8 Å². The zero-order valence-electron chi connectivity index (χ0n) is 7.68. The van der Waals surface area contributed by atoms with Gasteiger partial charge in [0.25, 0.3) is 0 Å². The second-order valence-electron chi connectivity index (χ2n) is 2.92. The Morgan fingerprint density at radius 1 is 1.29 bits per heavy atom. The minimum absolute atomic E-state index is 0. The monoisotopic (exact) mass is 236 g/mol. The first-order valence-corrected chi connectivity index (χ1v) is 4.22. The van der Waals surface area contributed by atoms with E-state index in [9.17, 15) is 0 Å². The normalized spacial score (nSPS) is 19.3. The van der Waals surface area contributed by atoms with E-state index in [-0.39, 0.29) is 24.8 Å². The average molecular weight is 237 g/mol. The molecule has 5 heteroatoms. The minimum atomic E-state index is 0. The molecular weight excluding hydrogens is 223 g/mol. The highest BCUT2D eigenvalue weighted by molar-refractivity contribution is 5.85. The molecular formula is C9H14Cl2N2O. The molecule has 0 saturated carbocycles. The highest BCUT2D eigenvalue weighted by atomic mass is 35.5. The Labute approximate surface area is 96.1 Å². The third-order valence-electron chi connectivity index (χ3n) is 1.97. The molecule has 1 N–H and O–H groups in total. The molecule has 1 aliphatic heterocycles. The molecule has 1 saturated heterocycles. The van der Waals surface area contributed by atoms with Gasteiger partial charge in [-0.15, -0.1) is 24.8 Å². The van der Waals surface area contributed by atoms with E-state index in [0.29, 0.717) is 6.10 Å². The van der Waals surface area contributed by atoms with Gasteiger partial charge in [-0.05, 0) is 25.1 Å². The smallest absolute Gasteiger partial charge is 0.122 e. The molecule has 1 atom stereocenters. The summed E-state index contributed by atoms with van der Waals surface area (Å²) >= 11 is 0. The number of nitrogens with zero attached hydrogens (tertiary/aromatic N) is 1. The summed E-state index contributed by atoms with van der Waals surface area (Å²) in [6.45, 7) is 2.03. The van der Waals surface area contributed by atoms with Crippen LogP contribution < -0.4 is 10.1 Å². The quantitative estimate of drug-likeness (QED) is 0.849. The number of ether oxygens (including phenoxy) is 1. The van der Waals surface area contributed by atoms with Crippen molar-refractivity contribution in [3.05, 3.63) is 24.5 Å². The number of pyridine rings is 1. The van der Waals surface area contributed by atoms with Crippen molar-refractivity contribution in [1.82, 2.24) is 10.3 Å². The van der Waals surface area contributed by atoms with Gasteiger partial charge in [0.1, 0.15) is 11.9 Å². The lowest BCUT2D eigenvalue weighted by atomic mass is 10.3.